The summed E-state index contributed by atoms with van der Waals surface area (Å²) in [5.41, 5.74) is 5.51. The molecule has 0 aliphatic heterocycles. The van der Waals surface area contributed by atoms with Gasteiger partial charge in [-0.25, -0.2) is 8.78 Å². The van der Waals surface area contributed by atoms with Gasteiger partial charge in [0.25, 0.3) is 0 Å². The average Bonchev–Trinajstić information content (AvgIpc) is 2.34. The van der Waals surface area contributed by atoms with Gasteiger partial charge in [0.2, 0.25) is 0 Å². The van der Waals surface area contributed by atoms with Crippen molar-refractivity contribution in [2.45, 2.75) is 0 Å². The van der Waals surface area contributed by atoms with E-state index in [9.17, 15) is 13.6 Å². The van der Waals surface area contributed by atoms with Crippen LogP contribution >= 0.6 is 15.9 Å². The van der Waals surface area contributed by atoms with E-state index in [1.165, 1.54) is 18.2 Å². The molecule has 2 rings (SSSR count). The maximum atomic E-state index is 13.6. The number of carbonyl (C=O) groups excluding carboxylic acids is 1. The summed E-state index contributed by atoms with van der Waals surface area (Å²) in [6.07, 6.45) is 0. The van der Waals surface area contributed by atoms with Gasteiger partial charge in [0.05, 0.1) is 5.56 Å². The van der Waals surface area contributed by atoms with Crippen LogP contribution in [0.2, 0.25) is 0 Å². The van der Waals surface area contributed by atoms with Crippen LogP contribution in [-0.2, 0) is 0 Å². The van der Waals surface area contributed by atoms with E-state index in [1.807, 2.05) is 0 Å². The van der Waals surface area contributed by atoms with Crippen molar-refractivity contribution < 1.29 is 13.6 Å². The Bertz CT molecular complexity index is 575. The fraction of sp³-hybridized carbons (Fsp3) is 0. The number of rotatable bonds is 2. The minimum Gasteiger partial charge on any atom is -0.398 e. The van der Waals surface area contributed by atoms with Gasteiger partial charge in [-0.3, -0.25) is 4.79 Å². The second kappa shape index (κ2) is 4.86. The van der Waals surface area contributed by atoms with E-state index in [4.69, 9.17) is 5.73 Å². The molecule has 92 valence electrons. The van der Waals surface area contributed by atoms with Gasteiger partial charge < -0.3 is 5.73 Å². The van der Waals surface area contributed by atoms with Crippen molar-refractivity contribution in [3.8, 4) is 0 Å². The van der Waals surface area contributed by atoms with E-state index in [-0.39, 0.29) is 16.8 Å². The Morgan fingerprint density at radius 1 is 1.06 bits per heavy atom. The van der Waals surface area contributed by atoms with Crippen molar-refractivity contribution >= 4 is 27.4 Å². The molecule has 18 heavy (non-hydrogen) atoms. The summed E-state index contributed by atoms with van der Waals surface area (Å²) in [6, 6.07) is 7.38. The van der Waals surface area contributed by atoms with Gasteiger partial charge in [-0.2, -0.15) is 0 Å². The predicted octanol–water partition coefficient (Wildman–Crippen LogP) is 3.54. The third-order valence-electron chi connectivity index (χ3n) is 2.43. The molecule has 2 N–H and O–H groups in total. The van der Waals surface area contributed by atoms with Gasteiger partial charge in [-0.15, -0.1) is 0 Å². The molecule has 0 aliphatic carbocycles. The topological polar surface area (TPSA) is 43.1 Å². The van der Waals surface area contributed by atoms with Crippen molar-refractivity contribution in [1.29, 1.82) is 0 Å². The molecule has 2 aromatic carbocycles. The highest BCUT2D eigenvalue weighted by Gasteiger charge is 2.17. The van der Waals surface area contributed by atoms with Crippen LogP contribution in [0, 0.1) is 11.6 Å². The molecule has 0 radical (unpaired) electrons. The molecule has 0 spiro atoms. The summed E-state index contributed by atoms with van der Waals surface area (Å²) in [4.78, 5) is 12.1. The molecule has 0 aromatic heterocycles. The van der Waals surface area contributed by atoms with Crippen LogP contribution in [0.5, 0.6) is 0 Å². The third-order valence-corrected chi connectivity index (χ3v) is 2.93. The first-order valence-electron chi connectivity index (χ1n) is 5.04. The Kier molecular flexibility index (Phi) is 3.43. The molecule has 0 saturated heterocycles. The summed E-state index contributed by atoms with van der Waals surface area (Å²) in [6.45, 7) is 0. The van der Waals surface area contributed by atoms with E-state index in [0.29, 0.717) is 4.47 Å². The van der Waals surface area contributed by atoms with E-state index < -0.39 is 17.4 Å². The maximum absolute atomic E-state index is 13.6. The third kappa shape index (κ3) is 2.41. The van der Waals surface area contributed by atoms with Crippen LogP contribution in [0.25, 0.3) is 0 Å². The van der Waals surface area contributed by atoms with E-state index >= 15 is 0 Å². The molecule has 2 aromatic rings. The summed E-state index contributed by atoms with van der Waals surface area (Å²) in [5, 5.41) is 0. The van der Waals surface area contributed by atoms with Crippen molar-refractivity contribution in [1.82, 2.24) is 0 Å². The molecule has 0 atom stereocenters. The fourth-order valence-electron chi connectivity index (χ4n) is 1.54. The Morgan fingerprint density at radius 3 is 2.50 bits per heavy atom. The average molecular weight is 312 g/mol. The van der Waals surface area contributed by atoms with Crippen LogP contribution in [0.15, 0.2) is 40.9 Å². The summed E-state index contributed by atoms with van der Waals surface area (Å²) >= 11 is 3.15. The first-order valence-corrected chi connectivity index (χ1v) is 5.83. The Balaban J connectivity index is 2.54. The second-order valence-electron chi connectivity index (χ2n) is 3.68. The molecule has 2 nitrogen and oxygen atoms in total. The zero-order valence-electron chi connectivity index (χ0n) is 9.08. The van der Waals surface area contributed by atoms with Crippen molar-refractivity contribution in [3.05, 3.63) is 63.6 Å². The number of hydrogen-bond donors (Lipinski definition) is 1. The summed E-state index contributed by atoms with van der Waals surface area (Å²) in [5.74, 6) is -1.92. The van der Waals surface area contributed by atoms with Crippen LogP contribution in [0.4, 0.5) is 14.5 Å². The molecule has 0 aliphatic rings. The molecule has 0 bridgehead atoms. The zero-order valence-corrected chi connectivity index (χ0v) is 10.7. The monoisotopic (exact) mass is 311 g/mol. The maximum Gasteiger partial charge on any atom is 0.198 e. The first kappa shape index (κ1) is 12.7. The highest BCUT2D eigenvalue weighted by Crippen LogP contribution is 2.22. The van der Waals surface area contributed by atoms with Crippen molar-refractivity contribution in [2.24, 2.45) is 0 Å². The van der Waals surface area contributed by atoms with Crippen molar-refractivity contribution in [2.75, 3.05) is 5.73 Å². The Hall–Kier alpha value is -1.75. The molecular formula is C13H8BrF2NO. The van der Waals surface area contributed by atoms with E-state index in [1.54, 1.807) is 0 Å². The van der Waals surface area contributed by atoms with Crippen LogP contribution in [0.1, 0.15) is 15.9 Å². The van der Waals surface area contributed by atoms with Gasteiger partial charge in [-0.1, -0.05) is 15.9 Å². The Labute approximate surface area is 111 Å². The normalized spacial score (nSPS) is 10.4. The lowest BCUT2D eigenvalue weighted by molar-refractivity contribution is 0.103. The van der Waals surface area contributed by atoms with Gasteiger partial charge in [0.15, 0.2) is 5.78 Å². The molecule has 5 heteroatoms. The number of nitrogens with two attached hydrogens (primary N) is 1. The van der Waals surface area contributed by atoms with Gasteiger partial charge >= 0.3 is 0 Å². The highest BCUT2D eigenvalue weighted by molar-refractivity contribution is 9.10. The van der Waals surface area contributed by atoms with E-state index in [2.05, 4.69) is 15.9 Å². The van der Waals surface area contributed by atoms with Crippen LogP contribution in [0.3, 0.4) is 0 Å². The fourth-order valence-corrected chi connectivity index (χ4v) is 1.90. The molecule has 0 heterocycles. The van der Waals surface area contributed by atoms with Crippen molar-refractivity contribution in [3.63, 3.8) is 0 Å². The van der Waals surface area contributed by atoms with Gasteiger partial charge in [-0.05, 0) is 36.4 Å². The predicted molar refractivity (Wildman–Crippen MR) is 68.3 cm³/mol. The van der Waals surface area contributed by atoms with Crippen LogP contribution in [-0.4, -0.2) is 5.78 Å². The summed E-state index contributed by atoms with van der Waals surface area (Å²) in [7, 11) is 0. The lowest BCUT2D eigenvalue weighted by atomic mass is 10.0. The number of halogens is 3. The number of nitrogen functional groups attached to an aromatic ring is 1. The minimum atomic E-state index is -0.674. The number of anilines is 1. The molecule has 0 unspecified atom stereocenters. The lowest BCUT2D eigenvalue weighted by Crippen LogP contribution is -2.08. The largest absolute Gasteiger partial charge is 0.398 e. The molecule has 0 amide bonds. The number of ketones is 1. The quantitative estimate of drug-likeness (QED) is 0.681. The second-order valence-corrected chi connectivity index (χ2v) is 4.60. The Morgan fingerprint density at radius 2 is 1.78 bits per heavy atom. The minimum absolute atomic E-state index is 0.0491. The van der Waals surface area contributed by atoms with Gasteiger partial charge in [0, 0.05) is 15.7 Å². The smallest absolute Gasteiger partial charge is 0.198 e. The lowest BCUT2D eigenvalue weighted by Gasteiger charge is -2.06. The zero-order chi connectivity index (χ0) is 13.3. The number of carbonyl (C=O) groups is 1. The molecular weight excluding hydrogens is 304 g/mol. The first-order chi connectivity index (χ1) is 8.49. The number of hydrogen-bond acceptors (Lipinski definition) is 2. The summed E-state index contributed by atoms with van der Waals surface area (Å²) < 4.78 is 27.2. The number of benzene rings is 2. The standard InChI is InChI=1S/C13H8BrF2NO/c14-7-1-3-11(16)9(5-7)13(18)10-6-8(15)2-4-12(10)17/h1-6H,17H2. The van der Waals surface area contributed by atoms with Gasteiger partial charge in [0.1, 0.15) is 11.6 Å². The highest BCUT2D eigenvalue weighted by atomic mass is 79.9. The molecule has 0 saturated carbocycles. The SMILES string of the molecule is Nc1ccc(F)cc1C(=O)c1cc(Br)ccc1F. The molecule has 0 fully saturated rings. The van der Waals surface area contributed by atoms with Crippen LogP contribution < -0.4 is 5.73 Å². The van der Waals surface area contributed by atoms with E-state index in [0.717, 1.165) is 18.2 Å².